The van der Waals surface area contributed by atoms with E-state index in [1.165, 1.54) is 42.7 Å². The summed E-state index contributed by atoms with van der Waals surface area (Å²) < 4.78 is 71.1. The average Bonchev–Trinajstić information content (AvgIpc) is 3.22. The fraction of sp³-hybridized carbons (Fsp3) is 0.154. The van der Waals surface area contributed by atoms with Crippen LogP contribution in [0.25, 0.3) is 11.3 Å². The molecule has 1 unspecified atom stereocenters. The first kappa shape index (κ1) is 29.6. The molecule has 0 aliphatic carbocycles. The predicted octanol–water partition coefficient (Wildman–Crippen LogP) is 5.99. The van der Waals surface area contributed by atoms with Gasteiger partial charge in [-0.05, 0) is 55.0 Å². The molecule has 0 spiro atoms. The second-order valence-electron chi connectivity index (χ2n) is 8.68. The monoisotopic (exact) mass is 625 g/mol. The normalized spacial score (nSPS) is 12.2. The van der Waals surface area contributed by atoms with Crippen LogP contribution in [0.2, 0.25) is 5.02 Å². The highest BCUT2D eigenvalue weighted by Crippen LogP contribution is 2.36. The first-order valence-electron chi connectivity index (χ1n) is 11.4. The van der Waals surface area contributed by atoms with Crippen LogP contribution in [-0.2, 0) is 27.4 Å². The topological polar surface area (TPSA) is 114 Å². The molecule has 0 aliphatic heterocycles. The molecule has 4 rings (SSSR count). The number of amides is 1. The number of nitrogens with one attached hydrogen (secondary N) is 2. The van der Waals surface area contributed by atoms with E-state index in [1.54, 1.807) is 13.0 Å². The average molecular weight is 626 g/mol. The van der Waals surface area contributed by atoms with E-state index < -0.39 is 38.4 Å². The first-order chi connectivity index (χ1) is 18.8. The summed E-state index contributed by atoms with van der Waals surface area (Å²) in [5, 5.41) is 2.90. The third kappa shape index (κ3) is 7.62. The van der Waals surface area contributed by atoms with E-state index >= 15 is 0 Å². The number of hydrogen-bond acceptors (Lipinski definition) is 7. The molecule has 0 aliphatic rings. The highest BCUT2D eigenvalue weighted by Gasteiger charge is 2.19. The quantitative estimate of drug-likeness (QED) is 0.236. The SMILES string of the molecule is Cc1sc(C(=O)Nc2cc(Cl)cc(NS(C)(=O)=O)c2)cc1-c1ncc(F)cc1OCc1cc(F)cc(S(C)=O)c1. The summed E-state index contributed by atoms with van der Waals surface area (Å²) in [7, 11) is -4.96. The fourth-order valence-corrected chi connectivity index (χ4v) is 6.01. The van der Waals surface area contributed by atoms with Crippen molar-refractivity contribution in [2.75, 3.05) is 22.6 Å². The lowest BCUT2D eigenvalue weighted by Crippen LogP contribution is -2.12. The maximum absolute atomic E-state index is 14.1. The molecule has 2 N–H and O–H groups in total. The first-order valence-corrected chi connectivity index (χ1v) is 16.0. The molecular weight excluding hydrogens is 604 g/mol. The van der Waals surface area contributed by atoms with Gasteiger partial charge in [0.1, 0.15) is 29.7 Å². The van der Waals surface area contributed by atoms with Gasteiger partial charge in [-0.25, -0.2) is 22.2 Å². The summed E-state index contributed by atoms with van der Waals surface area (Å²) >= 11 is 7.24. The highest BCUT2D eigenvalue weighted by atomic mass is 35.5. The lowest BCUT2D eigenvalue weighted by atomic mass is 10.1. The van der Waals surface area contributed by atoms with E-state index in [0.717, 1.165) is 29.9 Å². The molecule has 4 aromatic rings. The van der Waals surface area contributed by atoms with E-state index in [0.29, 0.717) is 25.8 Å². The molecule has 2 aromatic carbocycles. The summed E-state index contributed by atoms with van der Waals surface area (Å²) in [5.74, 6) is -1.65. The number of hydrogen-bond donors (Lipinski definition) is 2. The fourth-order valence-electron chi connectivity index (χ4n) is 3.72. The van der Waals surface area contributed by atoms with Gasteiger partial charge in [0.15, 0.2) is 0 Å². The molecule has 2 heterocycles. The Kier molecular flexibility index (Phi) is 8.88. The number of nitrogens with zero attached hydrogens (tertiary/aromatic N) is 1. The van der Waals surface area contributed by atoms with Crippen molar-refractivity contribution in [1.82, 2.24) is 4.98 Å². The Labute approximate surface area is 240 Å². The zero-order valence-corrected chi connectivity index (χ0v) is 24.5. The van der Waals surface area contributed by atoms with E-state index in [2.05, 4.69) is 15.0 Å². The number of aryl methyl sites for hydroxylation is 1. The Morgan fingerprint density at radius 1 is 1.07 bits per heavy atom. The summed E-state index contributed by atoms with van der Waals surface area (Å²) in [6.45, 7) is 1.61. The van der Waals surface area contributed by atoms with Crippen molar-refractivity contribution in [3.05, 3.63) is 86.7 Å². The number of aromatic nitrogens is 1. The molecule has 2 aromatic heterocycles. The number of benzene rings is 2. The Hall–Kier alpha value is -3.39. The Balaban J connectivity index is 1.59. The number of carbonyl (C=O) groups excluding carboxylic acids is 1. The van der Waals surface area contributed by atoms with E-state index in [4.69, 9.17) is 16.3 Å². The van der Waals surface area contributed by atoms with Gasteiger partial charge in [-0.1, -0.05) is 11.6 Å². The van der Waals surface area contributed by atoms with Crippen LogP contribution in [0.1, 0.15) is 20.1 Å². The molecule has 14 heteroatoms. The van der Waals surface area contributed by atoms with Crippen molar-refractivity contribution in [2.24, 2.45) is 0 Å². The third-order valence-electron chi connectivity index (χ3n) is 5.33. The number of thiophene rings is 1. The van der Waals surface area contributed by atoms with Crippen LogP contribution < -0.4 is 14.8 Å². The predicted molar refractivity (Wildman–Crippen MR) is 153 cm³/mol. The minimum Gasteiger partial charge on any atom is -0.487 e. The maximum atomic E-state index is 14.1. The Morgan fingerprint density at radius 3 is 2.50 bits per heavy atom. The highest BCUT2D eigenvalue weighted by molar-refractivity contribution is 7.92. The number of rotatable bonds is 9. The van der Waals surface area contributed by atoms with Gasteiger partial charge in [-0.2, -0.15) is 0 Å². The molecule has 8 nitrogen and oxygen atoms in total. The van der Waals surface area contributed by atoms with Gasteiger partial charge in [0, 0.05) is 49.2 Å². The van der Waals surface area contributed by atoms with Crippen LogP contribution in [0.3, 0.4) is 0 Å². The second-order valence-corrected chi connectivity index (χ2v) is 13.5. The molecule has 0 bridgehead atoms. The molecule has 1 atom stereocenters. The third-order valence-corrected chi connectivity index (χ3v) is 8.11. The molecule has 0 fully saturated rings. The van der Waals surface area contributed by atoms with Gasteiger partial charge in [-0.15, -0.1) is 11.3 Å². The number of sulfonamides is 1. The molecule has 1 amide bonds. The summed E-state index contributed by atoms with van der Waals surface area (Å²) in [6, 6.07) is 10.9. The van der Waals surface area contributed by atoms with Crippen LogP contribution in [0.15, 0.2) is 59.6 Å². The van der Waals surface area contributed by atoms with Crippen LogP contribution in [0, 0.1) is 18.6 Å². The van der Waals surface area contributed by atoms with E-state index in [9.17, 15) is 26.2 Å². The lowest BCUT2D eigenvalue weighted by molar-refractivity contribution is 0.103. The van der Waals surface area contributed by atoms with Crippen molar-refractivity contribution in [3.8, 4) is 17.0 Å². The van der Waals surface area contributed by atoms with Gasteiger partial charge in [0.05, 0.1) is 23.0 Å². The lowest BCUT2D eigenvalue weighted by Gasteiger charge is -2.12. The van der Waals surface area contributed by atoms with Gasteiger partial charge in [0.25, 0.3) is 5.91 Å². The minimum atomic E-state index is -3.56. The van der Waals surface area contributed by atoms with Crippen molar-refractivity contribution in [2.45, 2.75) is 18.4 Å². The van der Waals surface area contributed by atoms with Crippen molar-refractivity contribution in [1.29, 1.82) is 0 Å². The number of anilines is 2. The largest absolute Gasteiger partial charge is 0.487 e. The molecular formula is C26H22ClF2N3O5S3. The van der Waals surface area contributed by atoms with Gasteiger partial charge < -0.3 is 10.1 Å². The van der Waals surface area contributed by atoms with Crippen LogP contribution in [0.4, 0.5) is 20.2 Å². The Morgan fingerprint density at radius 2 is 1.80 bits per heavy atom. The molecule has 0 radical (unpaired) electrons. The minimum absolute atomic E-state index is 0.0719. The molecule has 210 valence electrons. The van der Waals surface area contributed by atoms with Crippen molar-refractivity contribution >= 4 is 61.0 Å². The second kappa shape index (κ2) is 12.0. The van der Waals surface area contributed by atoms with Crippen molar-refractivity contribution in [3.63, 3.8) is 0 Å². The number of ether oxygens (including phenoxy) is 1. The van der Waals surface area contributed by atoms with Crippen LogP contribution in [0.5, 0.6) is 5.75 Å². The van der Waals surface area contributed by atoms with Crippen molar-refractivity contribution < 1.29 is 30.9 Å². The smallest absolute Gasteiger partial charge is 0.265 e. The summed E-state index contributed by atoms with van der Waals surface area (Å²) in [6.07, 6.45) is 3.44. The van der Waals surface area contributed by atoms with Crippen LogP contribution >= 0.6 is 22.9 Å². The maximum Gasteiger partial charge on any atom is 0.265 e. The number of pyridine rings is 1. The summed E-state index contributed by atoms with van der Waals surface area (Å²) in [5.41, 5.74) is 1.63. The molecule has 0 saturated heterocycles. The van der Waals surface area contributed by atoms with Gasteiger partial charge in [-0.3, -0.25) is 13.7 Å². The zero-order chi connectivity index (χ0) is 29.2. The van der Waals surface area contributed by atoms with E-state index in [1.807, 2.05) is 0 Å². The molecule has 40 heavy (non-hydrogen) atoms. The standard InChI is InChI=1S/C26H22ClF2N3O5S3/c1-14-22(11-24(38-14)26(33)31-19-6-16(27)7-20(10-19)32-40(3,35)36)25-23(9-18(29)12-30-25)37-13-15-4-17(28)8-21(5-15)39(2)34/h4-12,32H,13H2,1-3H3,(H,31,33). The summed E-state index contributed by atoms with van der Waals surface area (Å²) in [4.78, 5) is 18.5. The van der Waals surface area contributed by atoms with Gasteiger partial charge >= 0.3 is 0 Å². The number of carbonyl (C=O) groups is 1. The van der Waals surface area contributed by atoms with E-state index in [-0.39, 0.29) is 34.4 Å². The zero-order valence-electron chi connectivity index (χ0n) is 21.3. The Bertz CT molecular complexity index is 1750. The van der Waals surface area contributed by atoms with Gasteiger partial charge in [0.2, 0.25) is 10.0 Å². The van der Waals surface area contributed by atoms with Crippen LogP contribution in [-0.4, -0.2) is 36.0 Å². The number of halogens is 3. The molecule has 0 saturated carbocycles.